The first-order valence-electron chi connectivity index (χ1n) is 15.8. The molecule has 0 aliphatic heterocycles. The van der Waals surface area contributed by atoms with E-state index < -0.39 is 0 Å². The van der Waals surface area contributed by atoms with Gasteiger partial charge in [0.1, 0.15) is 22.5 Å². The fourth-order valence-corrected chi connectivity index (χ4v) is 7.73. The van der Waals surface area contributed by atoms with Crippen molar-refractivity contribution in [3.63, 3.8) is 0 Å². The number of furan rings is 2. The molecule has 8 aromatic carbocycles. The van der Waals surface area contributed by atoms with Crippen LogP contribution in [0.2, 0.25) is 0 Å². The molecule has 0 N–H and O–H groups in total. The summed E-state index contributed by atoms with van der Waals surface area (Å²) in [6.07, 6.45) is 0. The van der Waals surface area contributed by atoms with Gasteiger partial charge in [-0.05, 0) is 110 Å². The summed E-state index contributed by atoms with van der Waals surface area (Å²) < 4.78 is 12.8. The van der Waals surface area contributed by atoms with Crippen molar-refractivity contribution in [1.29, 1.82) is 0 Å². The molecule has 10 aromatic rings. The average Bonchev–Trinajstić information content (AvgIpc) is 3.62. The van der Waals surface area contributed by atoms with Crippen LogP contribution >= 0.6 is 0 Å². The highest BCUT2D eigenvalue weighted by Gasteiger charge is 2.21. The van der Waals surface area contributed by atoms with Gasteiger partial charge < -0.3 is 8.83 Å². The summed E-state index contributed by atoms with van der Waals surface area (Å²) in [5.74, 6) is 0.978. The second-order valence-corrected chi connectivity index (χ2v) is 12.5. The van der Waals surface area contributed by atoms with Crippen molar-refractivity contribution >= 4 is 76.0 Å². The Morgan fingerprint density at radius 2 is 1.09 bits per heavy atom. The molecule has 0 spiro atoms. The normalized spacial score (nSPS) is 12.1. The largest absolute Gasteiger partial charge is 0.461 e. The SMILES string of the molecule is Cc1oc2cc3cc(-c4c5ccccc5c(-c5cccc6oc7c8ccccc8ccc7c56)c5ccccc45)ccc3cc2c1C. The maximum absolute atomic E-state index is 6.62. The molecule has 46 heavy (non-hydrogen) atoms. The Balaban J connectivity index is 1.30. The molecule has 2 nitrogen and oxygen atoms in total. The number of rotatable bonds is 2. The molecule has 216 valence electrons. The topological polar surface area (TPSA) is 26.3 Å². The Labute approximate surface area is 265 Å². The number of hydrogen-bond acceptors (Lipinski definition) is 2. The highest BCUT2D eigenvalue weighted by molar-refractivity contribution is 6.27. The number of hydrogen-bond donors (Lipinski definition) is 0. The van der Waals surface area contributed by atoms with Crippen LogP contribution in [0.4, 0.5) is 0 Å². The van der Waals surface area contributed by atoms with Gasteiger partial charge >= 0.3 is 0 Å². The van der Waals surface area contributed by atoms with E-state index in [1.807, 2.05) is 6.92 Å². The van der Waals surface area contributed by atoms with Crippen LogP contribution in [-0.2, 0) is 0 Å². The first kappa shape index (κ1) is 25.5. The molecule has 0 fully saturated rings. The van der Waals surface area contributed by atoms with Crippen LogP contribution in [0.1, 0.15) is 11.3 Å². The summed E-state index contributed by atoms with van der Waals surface area (Å²) in [6, 6.07) is 48.4. The van der Waals surface area contributed by atoms with Gasteiger partial charge in [-0.1, -0.05) is 103 Å². The highest BCUT2D eigenvalue weighted by Crippen LogP contribution is 2.47. The summed E-state index contributed by atoms with van der Waals surface area (Å²) in [7, 11) is 0. The third kappa shape index (κ3) is 3.47. The van der Waals surface area contributed by atoms with Gasteiger partial charge in [-0.2, -0.15) is 0 Å². The van der Waals surface area contributed by atoms with Crippen LogP contribution in [0, 0.1) is 13.8 Å². The van der Waals surface area contributed by atoms with Crippen LogP contribution in [0.15, 0.2) is 142 Å². The van der Waals surface area contributed by atoms with Crippen molar-refractivity contribution in [2.45, 2.75) is 13.8 Å². The zero-order chi connectivity index (χ0) is 30.5. The van der Waals surface area contributed by atoms with Crippen LogP contribution in [0.25, 0.3) is 98.3 Å². The van der Waals surface area contributed by atoms with E-state index >= 15 is 0 Å². The summed E-state index contributed by atoms with van der Waals surface area (Å²) in [4.78, 5) is 0. The Hall–Kier alpha value is -5.86. The number of fused-ring (bicyclic) bond motifs is 9. The fraction of sp³-hybridized carbons (Fsp3) is 0.0455. The lowest BCUT2D eigenvalue weighted by Gasteiger charge is -2.18. The molecule has 2 aromatic heterocycles. The van der Waals surface area contributed by atoms with E-state index in [0.29, 0.717) is 0 Å². The van der Waals surface area contributed by atoms with Gasteiger partial charge in [0.15, 0.2) is 0 Å². The quantitative estimate of drug-likeness (QED) is 0.188. The lowest BCUT2D eigenvalue weighted by Crippen LogP contribution is -1.91. The molecule has 0 amide bonds. The maximum atomic E-state index is 6.62. The molecule has 10 rings (SSSR count). The molecule has 0 aliphatic carbocycles. The Kier molecular flexibility index (Phi) is 5.16. The molecule has 0 bridgehead atoms. The minimum Gasteiger partial charge on any atom is -0.461 e. The molecule has 0 saturated carbocycles. The minimum absolute atomic E-state index is 0.908. The van der Waals surface area contributed by atoms with E-state index in [4.69, 9.17) is 8.83 Å². The summed E-state index contributed by atoms with van der Waals surface area (Å²) in [5.41, 5.74) is 8.88. The average molecular weight is 589 g/mol. The van der Waals surface area contributed by atoms with E-state index in [1.54, 1.807) is 0 Å². The third-order valence-electron chi connectivity index (χ3n) is 10.0. The Morgan fingerprint density at radius 1 is 0.413 bits per heavy atom. The van der Waals surface area contributed by atoms with E-state index in [9.17, 15) is 0 Å². The van der Waals surface area contributed by atoms with Crippen LogP contribution in [0.3, 0.4) is 0 Å². The van der Waals surface area contributed by atoms with E-state index in [2.05, 4.69) is 140 Å². The second kappa shape index (κ2) is 9.32. The summed E-state index contributed by atoms with van der Waals surface area (Å²) in [5, 5.41) is 13.1. The van der Waals surface area contributed by atoms with Gasteiger partial charge in [-0.3, -0.25) is 0 Å². The molecular formula is C44H28O2. The zero-order valence-electron chi connectivity index (χ0n) is 25.5. The highest BCUT2D eigenvalue weighted by atomic mass is 16.3. The standard InChI is InChI=1S/C44H28O2/c1-25-26(2)45-40-24-30-22-29(19-18-28(30)23-38(25)40)41-32-12-5-7-14-34(32)42(35-15-8-6-13-33(35)41)36-16-9-17-39-43(36)37-21-20-27-10-3-4-11-31(27)44(37)46-39/h3-24H,1-2H3. The van der Waals surface area contributed by atoms with Gasteiger partial charge in [-0.25, -0.2) is 0 Å². The van der Waals surface area contributed by atoms with E-state index in [1.165, 1.54) is 70.9 Å². The third-order valence-corrected chi connectivity index (χ3v) is 10.0. The van der Waals surface area contributed by atoms with Gasteiger partial charge in [-0.15, -0.1) is 0 Å². The van der Waals surface area contributed by atoms with Crippen molar-refractivity contribution in [1.82, 2.24) is 0 Å². The minimum atomic E-state index is 0.908. The Morgan fingerprint density at radius 3 is 1.85 bits per heavy atom. The molecule has 0 aliphatic rings. The van der Waals surface area contributed by atoms with Crippen molar-refractivity contribution in [2.75, 3.05) is 0 Å². The molecule has 0 radical (unpaired) electrons. The van der Waals surface area contributed by atoms with Crippen LogP contribution in [-0.4, -0.2) is 0 Å². The van der Waals surface area contributed by atoms with E-state index in [-0.39, 0.29) is 0 Å². The smallest absolute Gasteiger partial charge is 0.143 e. The lowest BCUT2D eigenvalue weighted by molar-refractivity contribution is 0.575. The molecule has 0 unspecified atom stereocenters. The van der Waals surface area contributed by atoms with Gasteiger partial charge in [0.25, 0.3) is 0 Å². The molecule has 2 heteroatoms. The summed E-state index contributed by atoms with van der Waals surface area (Å²) >= 11 is 0. The van der Waals surface area contributed by atoms with Gasteiger partial charge in [0.05, 0.1) is 0 Å². The number of benzene rings is 8. The number of aryl methyl sites for hydroxylation is 2. The lowest BCUT2D eigenvalue weighted by atomic mass is 9.84. The molecule has 0 saturated heterocycles. The van der Waals surface area contributed by atoms with Gasteiger partial charge in [0.2, 0.25) is 0 Å². The molecular weight excluding hydrogens is 560 g/mol. The first-order valence-corrected chi connectivity index (χ1v) is 15.8. The zero-order valence-corrected chi connectivity index (χ0v) is 25.5. The summed E-state index contributed by atoms with van der Waals surface area (Å²) in [6.45, 7) is 4.18. The fourth-order valence-electron chi connectivity index (χ4n) is 7.73. The van der Waals surface area contributed by atoms with Crippen molar-refractivity contribution < 1.29 is 8.83 Å². The Bertz CT molecular complexity index is 2820. The van der Waals surface area contributed by atoms with E-state index in [0.717, 1.165) is 38.7 Å². The predicted octanol–water partition coefficient (Wildman–Crippen LogP) is 12.9. The second-order valence-electron chi connectivity index (χ2n) is 12.5. The van der Waals surface area contributed by atoms with Crippen molar-refractivity contribution in [3.05, 3.63) is 145 Å². The van der Waals surface area contributed by atoms with Crippen molar-refractivity contribution in [3.8, 4) is 22.3 Å². The maximum Gasteiger partial charge on any atom is 0.143 e. The molecule has 0 atom stereocenters. The van der Waals surface area contributed by atoms with Gasteiger partial charge in [0, 0.05) is 21.5 Å². The van der Waals surface area contributed by atoms with Crippen LogP contribution in [0.5, 0.6) is 0 Å². The first-order chi connectivity index (χ1) is 22.6. The monoisotopic (exact) mass is 588 g/mol. The predicted molar refractivity (Wildman–Crippen MR) is 194 cm³/mol. The van der Waals surface area contributed by atoms with Crippen molar-refractivity contribution in [2.24, 2.45) is 0 Å². The molecule has 2 heterocycles. The van der Waals surface area contributed by atoms with Crippen LogP contribution < -0.4 is 0 Å².